The highest BCUT2D eigenvalue weighted by molar-refractivity contribution is 7.89. The lowest BCUT2D eigenvalue weighted by Gasteiger charge is -2.32. The molecule has 2 heterocycles. The number of aliphatic hydroxyl groups excluding tert-OH is 2. The predicted octanol–water partition coefficient (Wildman–Crippen LogP) is 9.10. The Hall–Kier alpha value is -6.91. The van der Waals surface area contributed by atoms with Crippen molar-refractivity contribution in [1.82, 2.24) is 13.9 Å². The van der Waals surface area contributed by atoms with Crippen LogP contribution in [0.1, 0.15) is 77.6 Å². The van der Waals surface area contributed by atoms with Gasteiger partial charge in [-0.3, -0.25) is 0 Å². The molecule has 2 aliphatic rings. The minimum absolute atomic E-state index is 0.0192. The molecule has 0 bridgehead atoms. The first-order valence-electron chi connectivity index (χ1n) is 27.2. The van der Waals surface area contributed by atoms with E-state index < -0.39 is 56.0 Å². The Balaban J connectivity index is 0.000000239. The summed E-state index contributed by atoms with van der Waals surface area (Å²) in [5.41, 5.74) is 9.10. The van der Waals surface area contributed by atoms with E-state index in [-0.39, 0.29) is 67.3 Å². The molecule has 4 atom stereocenters. The van der Waals surface area contributed by atoms with E-state index in [9.17, 15) is 31.8 Å². The van der Waals surface area contributed by atoms with Gasteiger partial charge in [-0.2, -0.15) is 8.61 Å². The second kappa shape index (κ2) is 27.9. The van der Waals surface area contributed by atoms with Crippen LogP contribution in [0, 0.1) is 11.3 Å². The minimum Gasteiger partial charge on any atom is -0.489 e. The van der Waals surface area contributed by atoms with Gasteiger partial charge in [-0.15, -0.1) is 0 Å². The number of sulfonamides is 2. The Bertz CT molecular complexity index is 3230. The number of rotatable bonds is 24. The Morgan fingerprint density at radius 3 is 1.46 bits per heavy atom. The summed E-state index contributed by atoms with van der Waals surface area (Å²) in [7, 11) is -7.96. The SMILES string of the molecule is CC(C)(C)CN(C[C@@H](O)[C@@H](N)Cc1ccc(OCc2ccccc2)cc1)S(=O)(=O)c1ccc2c(c1)OCO2.CC(C)CN(C[C@@H](O)[C@H](Cc1ccc(OCc2ccccc2)cc1)NC(=O)OC(C)(C)C)S(=O)(=O)c1ccc2c(c1)OCO2. The summed E-state index contributed by atoms with van der Waals surface area (Å²) in [6.07, 6.45) is -2.44. The Morgan fingerprint density at radius 1 is 0.573 bits per heavy atom. The molecule has 0 saturated heterocycles. The second-order valence-corrected chi connectivity index (χ2v) is 26.8. The summed E-state index contributed by atoms with van der Waals surface area (Å²) in [5.74, 6) is 3.08. The Labute approximate surface area is 483 Å². The number of nitrogens with one attached hydrogen (secondary N) is 1. The van der Waals surface area contributed by atoms with Crippen LogP contribution in [0.4, 0.5) is 4.79 Å². The number of aliphatic hydroxyl groups is 2. The lowest BCUT2D eigenvalue weighted by atomic mass is 9.96. The zero-order valence-corrected chi connectivity index (χ0v) is 49.5. The van der Waals surface area contributed by atoms with Crippen LogP contribution in [0.5, 0.6) is 34.5 Å². The molecule has 6 aromatic rings. The van der Waals surface area contributed by atoms with E-state index in [1.54, 1.807) is 32.9 Å². The van der Waals surface area contributed by atoms with Crippen molar-refractivity contribution in [2.24, 2.45) is 17.1 Å². The molecule has 18 nitrogen and oxygen atoms in total. The van der Waals surface area contributed by atoms with Crippen molar-refractivity contribution < 1.29 is 65.0 Å². The molecular formula is C62H78N4O14S2. The first kappa shape index (κ1) is 62.7. The topological polar surface area (TPSA) is 235 Å². The van der Waals surface area contributed by atoms with Crippen molar-refractivity contribution in [3.8, 4) is 34.5 Å². The highest BCUT2D eigenvalue weighted by Crippen LogP contribution is 2.37. The van der Waals surface area contributed by atoms with Crippen LogP contribution in [0.15, 0.2) is 155 Å². The van der Waals surface area contributed by atoms with Gasteiger partial charge in [-0.1, -0.05) is 120 Å². The highest BCUT2D eigenvalue weighted by Gasteiger charge is 2.35. The molecule has 8 rings (SSSR count). The maximum Gasteiger partial charge on any atom is 0.407 e. The predicted molar refractivity (Wildman–Crippen MR) is 312 cm³/mol. The first-order chi connectivity index (χ1) is 38.8. The van der Waals surface area contributed by atoms with Gasteiger partial charge in [0.05, 0.1) is 28.0 Å². The highest BCUT2D eigenvalue weighted by atomic mass is 32.2. The third-order valence-electron chi connectivity index (χ3n) is 12.9. The van der Waals surface area contributed by atoms with Crippen molar-refractivity contribution in [1.29, 1.82) is 0 Å². The van der Waals surface area contributed by atoms with E-state index in [0.717, 1.165) is 28.0 Å². The van der Waals surface area contributed by atoms with Crippen LogP contribution in [0.3, 0.4) is 0 Å². The fourth-order valence-corrected chi connectivity index (χ4v) is 12.2. The third-order valence-corrected chi connectivity index (χ3v) is 16.5. The molecule has 0 saturated carbocycles. The van der Waals surface area contributed by atoms with E-state index in [4.69, 9.17) is 38.9 Å². The van der Waals surface area contributed by atoms with Crippen molar-refractivity contribution in [2.75, 3.05) is 39.8 Å². The lowest BCUT2D eigenvalue weighted by Crippen LogP contribution is -2.51. The third kappa shape index (κ3) is 18.6. The van der Waals surface area contributed by atoms with E-state index >= 15 is 0 Å². The van der Waals surface area contributed by atoms with Gasteiger partial charge in [-0.25, -0.2) is 21.6 Å². The smallest absolute Gasteiger partial charge is 0.407 e. The molecule has 0 radical (unpaired) electrons. The van der Waals surface area contributed by atoms with Crippen LogP contribution >= 0.6 is 0 Å². The molecule has 5 N–H and O–H groups in total. The van der Waals surface area contributed by atoms with Crippen LogP contribution in [0.2, 0.25) is 0 Å². The van der Waals surface area contributed by atoms with Gasteiger partial charge < -0.3 is 54.4 Å². The number of carbonyl (C=O) groups excluding carboxylic acids is 1. The molecule has 0 aromatic heterocycles. The van der Waals surface area contributed by atoms with Crippen molar-refractivity contribution >= 4 is 26.1 Å². The number of alkyl carbamates (subject to hydrolysis) is 1. The number of nitrogens with zero attached hydrogens (tertiary/aromatic N) is 2. The van der Waals surface area contributed by atoms with Crippen molar-refractivity contribution in [3.05, 3.63) is 168 Å². The maximum atomic E-state index is 13.8. The van der Waals surface area contributed by atoms with E-state index in [2.05, 4.69) is 5.32 Å². The molecule has 0 spiro atoms. The average Bonchev–Trinajstić information content (AvgIpc) is 3.92. The molecule has 1 amide bonds. The maximum absolute atomic E-state index is 13.8. The van der Waals surface area contributed by atoms with E-state index in [1.165, 1.54) is 32.9 Å². The summed E-state index contributed by atoms with van der Waals surface area (Å²) < 4.78 is 95.9. The normalized spacial score (nSPS) is 14.6. The zero-order valence-electron chi connectivity index (χ0n) is 47.9. The quantitative estimate of drug-likeness (QED) is 0.0442. The Morgan fingerprint density at radius 2 is 1.01 bits per heavy atom. The van der Waals surface area contributed by atoms with Crippen LogP contribution < -0.4 is 39.5 Å². The summed E-state index contributed by atoms with van der Waals surface area (Å²) in [5, 5.41) is 25.2. The first-order valence-corrected chi connectivity index (χ1v) is 30.1. The van der Waals surface area contributed by atoms with Gasteiger partial charge in [0.15, 0.2) is 23.0 Å². The zero-order chi connectivity index (χ0) is 59.2. The molecular weight excluding hydrogens is 1090 g/mol. The molecule has 0 unspecified atom stereocenters. The van der Waals surface area contributed by atoms with Crippen LogP contribution in [-0.4, -0.2) is 111 Å². The number of benzene rings is 6. The summed E-state index contributed by atoms with van der Waals surface area (Å²) >= 11 is 0. The Kier molecular flexibility index (Phi) is 21.3. The van der Waals surface area contributed by atoms with Crippen molar-refractivity contribution in [3.63, 3.8) is 0 Å². The minimum atomic E-state index is -4.03. The number of carbonyl (C=O) groups is 1. The second-order valence-electron chi connectivity index (χ2n) is 22.9. The van der Waals surface area contributed by atoms with Gasteiger partial charge in [0.25, 0.3) is 0 Å². The molecule has 2 aliphatic heterocycles. The summed E-state index contributed by atoms with van der Waals surface area (Å²) in [6.45, 7) is 15.8. The number of amides is 1. The van der Waals surface area contributed by atoms with Crippen LogP contribution in [0.25, 0.3) is 0 Å². The lowest BCUT2D eigenvalue weighted by molar-refractivity contribution is 0.0400. The standard InChI is InChI=1S/C33H42N2O8S.C29H36N2O6S/c1-23(2)19-35(44(38,39)27-15-16-30-31(18-27)42-22-41-30)20-29(36)28(34-32(37)43-33(3,4)5)17-24-11-13-26(14-12-24)40-21-25-9-7-6-8-10-25;1-29(2,3)19-31(38(33,34)24-13-14-27-28(16-24)37-20-36-27)17-26(32)25(30)15-21-9-11-23(12-10-21)35-18-22-7-5-4-6-8-22/h6-16,18,23,28-29,36H,17,19-22H2,1-5H3,(H,34,37);4-14,16,25-26,32H,15,17-20,30H2,1-3H3/t28-,29+;25-,26+/m00/s1. The summed E-state index contributed by atoms with van der Waals surface area (Å²) in [4.78, 5) is 12.9. The monoisotopic (exact) mass is 1170 g/mol. The molecule has 442 valence electrons. The number of ether oxygens (including phenoxy) is 7. The fraction of sp³-hybridized carbons (Fsp3) is 0.403. The number of hydrogen-bond donors (Lipinski definition) is 4. The van der Waals surface area contributed by atoms with Gasteiger partial charge in [0, 0.05) is 44.4 Å². The van der Waals surface area contributed by atoms with Gasteiger partial charge in [0.2, 0.25) is 33.6 Å². The molecule has 82 heavy (non-hydrogen) atoms. The van der Waals surface area contributed by atoms with Crippen LogP contribution in [-0.2, 0) is 50.8 Å². The number of hydrogen-bond acceptors (Lipinski definition) is 15. The fourth-order valence-electron chi connectivity index (χ4n) is 8.84. The number of fused-ring (bicyclic) bond motifs is 2. The summed E-state index contributed by atoms with van der Waals surface area (Å²) in [6, 6.07) is 42.1. The number of nitrogens with two attached hydrogens (primary N) is 1. The average molecular weight is 1170 g/mol. The molecule has 0 aliphatic carbocycles. The van der Waals surface area contributed by atoms with E-state index in [0.29, 0.717) is 48.4 Å². The molecule has 0 fully saturated rings. The molecule has 6 aromatic carbocycles. The van der Waals surface area contributed by atoms with Gasteiger partial charge in [0.1, 0.15) is 30.3 Å². The molecule has 20 heteroatoms. The van der Waals surface area contributed by atoms with Gasteiger partial charge >= 0.3 is 6.09 Å². The van der Waals surface area contributed by atoms with E-state index in [1.807, 2.05) is 144 Å². The largest absolute Gasteiger partial charge is 0.489 e. The van der Waals surface area contributed by atoms with Crippen molar-refractivity contribution in [2.45, 2.75) is 121 Å². The van der Waals surface area contributed by atoms with Gasteiger partial charge in [-0.05, 0) is 116 Å².